The lowest BCUT2D eigenvalue weighted by Crippen LogP contribution is -2.50. The molecule has 1 aromatic heterocycles. The van der Waals surface area contributed by atoms with E-state index in [9.17, 15) is 32.3 Å². The molecule has 0 saturated heterocycles. The zero-order valence-electron chi connectivity index (χ0n) is 32.2. The number of rotatable bonds is 16. The van der Waals surface area contributed by atoms with Crippen LogP contribution in [0.5, 0.6) is 0 Å². The SMILES string of the molecule is CC[C@H](NC[C@H](Cc1ccsc1)NC(=O)c1cc(C(=O)N[C@H](C)c2ccccc2)cc(-c2ccccc2C(N)=O)c1)C(=O)NCc1ccc(N)cc1.O=C(O)C(F)(F)F. The normalized spacial score (nSPS) is 12.5. The Morgan fingerprint density at radius 3 is 2.00 bits per heavy atom. The van der Waals surface area contributed by atoms with Gasteiger partial charge in [-0.3, -0.25) is 19.2 Å². The Hall–Kier alpha value is -6.52. The summed E-state index contributed by atoms with van der Waals surface area (Å²) in [4.78, 5) is 62.2. The minimum absolute atomic E-state index is 0.152. The molecule has 0 radical (unpaired) electrons. The molecule has 0 aliphatic carbocycles. The van der Waals surface area contributed by atoms with E-state index in [0.29, 0.717) is 42.7 Å². The summed E-state index contributed by atoms with van der Waals surface area (Å²) in [6.45, 7) is 4.48. The molecular weight excluding hydrogens is 786 g/mol. The van der Waals surface area contributed by atoms with Crippen molar-refractivity contribution in [2.24, 2.45) is 5.73 Å². The molecule has 0 spiro atoms. The first-order valence-corrected chi connectivity index (χ1v) is 19.4. The number of benzene rings is 4. The van der Waals surface area contributed by atoms with Gasteiger partial charge in [0.05, 0.1) is 12.1 Å². The van der Waals surface area contributed by atoms with Crippen LogP contribution in [-0.2, 0) is 22.6 Å². The van der Waals surface area contributed by atoms with E-state index in [1.165, 1.54) is 0 Å². The average Bonchev–Trinajstić information content (AvgIpc) is 3.73. The van der Waals surface area contributed by atoms with Crippen LogP contribution in [0.1, 0.15) is 74.1 Å². The van der Waals surface area contributed by atoms with E-state index in [1.54, 1.807) is 65.9 Å². The van der Waals surface area contributed by atoms with Gasteiger partial charge in [-0.1, -0.05) is 67.6 Å². The second-order valence-electron chi connectivity index (χ2n) is 13.5. The third-order valence-corrected chi connectivity index (χ3v) is 9.76. The number of thiophene rings is 1. The number of nitrogens with one attached hydrogen (secondary N) is 4. The van der Waals surface area contributed by atoms with Crippen LogP contribution in [0.15, 0.2) is 114 Å². The van der Waals surface area contributed by atoms with Crippen LogP contribution >= 0.6 is 11.3 Å². The first kappa shape index (κ1) is 45.2. The Balaban J connectivity index is 0.00000101. The number of alkyl halides is 3. The number of carbonyl (C=O) groups excluding carboxylic acids is 4. The predicted molar refractivity (Wildman–Crippen MR) is 220 cm³/mol. The van der Waals surface area contributed by atoms with Crippen LogP contribution in [0.4, 0.5) is 18.9 Å². The maximum Gasteiger partial charge on any atom is 0.490 e. The van der Waals surface area contributed by atoms with Crippen LogP contribution in [0.2, 0.25) is 0 Å². The van der Waals surface area contributed by atoms with Crippen molar-refractivity contribution in [1.29, 1.82) is 0 Å². The third-order valence-electron chi connectivity index (χ3n) is 9.03. The third kappa shape index (κ3) is 13.8. The maximum absolute atomic E-state index is 14.1. The van der Waals surface area contributed by atoms with Gasteiger partial charge < -0.3 is 37.8 Å². The first-order chi connectivity index (χ1) is 28.0. The molecule has 310 valence electrons. The summed E-state index contributed by atoms with van der Waals surface area (Å²) in [5.41, 5.74) is 16.8. The smallest absolute Gasteiger partial charge is 0.475 e. The van der Waals surface area contributed by atoms with Crippen molar-refractivity contribution in [3.63, 3.8) is 0 Å². The lowest BCUT2D eigenvalue weighted by Gasteiger charge is -2.23. The molecule has 0 aliphatic rings. The van der Waals surface area contributed by atoms with Gasteiger partial charge in [0.1, 0.15) is 0 Å². The summed E-state index contributed by atoms with van der Waals surface area (Å²) in [5.74, 6) is -4.32. The zero-order valence-corrected chi connectivity index (χ0v) is 33.0. The summed E-state index contributed by atoms with van der Waals surface area (Å²) in [7, 11) is 0. The van der Waals surface area contributed by atoms with Crippen molar-refractivity contribution in [3.8, 4) is 11.1 Å². The summed E-state index contributed by atoms with van der Waals surface area (Å²) in [5, 5.41) is 23.6. The summed E-state index contributed by atoms with van der Waals surface area (Å²) in [6, 6.07) is 29.4. The summed E-state index contributed by atoms with van der Waals surface area (Å²) in [6.07, 6.45) is -4.04. The van der Waals surface area contributed by atoms with Crippen molar-refractivity contribution in [2.45, 2.75) is 57.5 Å². The number of amides is 4. The van der Waals surface area contributed by atoms with Gasteiger partial charge in [-0.05, 0) is 101 Å². The molecule has 0 aliphatic heterocycles. The number of hydrogen-bond donors (Lipinski definition) is 7. The Kier molecular flexibility index (Phi) is 16.3. The monoisotopic (exact) mass is 830 g/mol. The minimum Gasteiger partial charge on any atom is -0.475 e. The van der Waals surface area contributed by atoms with Gasteiger partial charge in [0.15, 0.2) is 0 Å². The zero-order chi connectivity index (χ0) is 43.1. The number of nitrogen functional groups attached to an aromatic ring is 1. The number of carbonyl (C=O) groups is 5. The Morgan fingerprint density at radius 2 is 1.42 bits per heavy atom. The topological polar surface area (TPSA) is 206 Å². The van der Waals surface area contributed by atoms with Crippen LogP contribution < -0.4 is 32.7 Å². The lowest BCUT2D eigenvalue weighted by molar-refractivity contribution is -0.192. The predicted octanol–water partition coefficient (Wildman–Crippen LogP) is 6.25. The lowest BCUT2D eigenvalue weighted by atomic mass is 9.94. The highest BCUT2D eigenvalue weighted by Gasteiger charge is 2.38. The number of primary amides is 1. The van der Waals surface area contributed by atoms with Crippen molar-refractivity contribution in [3.05, 3.63) is 147 Å². The molecule has 59 heavy (non-hydrogen) atoms. The van der Waals surface area contributed by atoms with Crippen LogP contribution in [0.3, 0.4) is 0 Å². The van der Waals surface area contributed by atoms with E-state index >= 15 is 0 Å². The van der Waals surface area contributed by atoms with Gasteiger partial charge >= 0.3 is 12.1 Å². The number of carboxylic acid groups (broad SMARTS) is 1. The van der Waals surface area contributed by atoms with Gasteiger partial charge in [0.25, 0.3) is 11.8 Å². The van der Waals surface area contributed by atoms with Gasteiger partial charge in [0, 0.05) is 41.5 Å². The number of carboxylic acids is 1. The average molecular weight is 831 g/mol. The van der Waals surface area contributed by atoms with E-state index < -0.39 is 36.0 Å². The Bertz CT molecular complexity index is 2200. The molecule has 16 heteroatoms. The molecule has 3 atom stereocenters. The van der Waals surface area contributed by atoms with E-state index in [4.69, 9.17) is 21.4 Å². The fourth-order valence-electron chi connectivity index (χ4n) is 5.89. The summed E-state index contributed by atoms with van der Waals surface area (Å²) < 4.78 is 31.7. The van der Waals surface area contributed by atoms with E-state index in [2.05, 4.69) is 21.3 Å². The molecule has 5 aromatic rings. The van der Waals surface area contributed by atoms with Crippen molar-refractivity contribution >= 4 is 46.6 Å². The van der Waals surface area contributed by atoms with Gasteiger partial charge in [-0.2, -0.15) is 24.5 Å². The fourth-order valence-corrected chi connectivity index (χ4v) is 6.57. The van der Waals surface area contributed by atoms with Gasteiger partial charge in [-0.25, -0.2) is 4.79 Å². The van der Waals surface area contributed by atoms with E-state index in [0.717, 1.165) is 16.7 Å². The molecule has 12 nitrogen and oxygen atoms in total. The minimum atomic E-state index is -5.08. The quantitative estimate of drug-likeness (QED) is 0.0565. The molecule has 5 rings (SSSR count). The highest BCUT2D eigenvalue weighted by Crippen LogP contribution is 2.27. The maximum atomic E-state index is 14.1. The highest BCUT2D eigenvalue weighted by molar-refractivity contribution is 7.07. The Morgan fingerprint density at radius 1 is 0.814 bits per heavy atom. The largest absolute Gasteiger partial charge is 0.490 e. The number of nitrogens with two attached hydrogens (primary N) is 2. The highest BCUT2D eigenvalue weighted by atomic mass is 32.1. The van der Waals surface area contributed by atoms with Crippen LogP contribution in [0.25, 0.3) is 11.1 Å². The van der Waals surface area contributed by atoms with Gasteiger partial charge in [0.2, 0.25) is 11.8 Å². The number of anilines is 1. The van der Waals surface area contributed by atoms with Crippen molar-refractivity contribution in [2.75, 3.05) is 12.3 Å². The Labute approximate surface area is 343 Å². The molecule has 0 bridgehead atoms. The second kappa shape index (κ2) is 21.3. The second-order valence-corrected chi connectivity index (χ2v) is 14.2. The molecular formula is C43H45F3N6O6S. The van der Waals surface area contributed by atoms with E-state index in [1.807, 2.05) is 73.1 Å². The van der Waals surface area contributed by atoms with E-state index in [-0.39, 0.29) is 34.5 Å². The number of aliphatic carboxylic acids is 1. The molecule has 1 heterocycles. The molecule has 9 N–H and O–H groups in total. The standard InChI is InChI=1S/C41H44N6O4S.C2HF3O2/c1-3-37(41(51)45-23-27-13-15-33(42)16-14-27)44-24-34(19-28-17-18-52-25-28)47-40(50)32-21-30(35-11-7-8-12-36(35)38(43)48)20-31(22-32)39(49)46-26(2)29-9-5-4-6-10-29;3-2(4,5)1(6)7/h4-18,20-22,25-26,34,37,44H,3,19,23-24,42H2,1-2H3,(H2,43,48)(H,45,51)(H,46,49)(H,47,50);(H,6,7)/t26-,34+,37+;/m1./s1. The van der Waals surface area contributed by atoms with Crippen molar-refractivity contribution in [1.82, 2.24) is 21.3 Å². The molecule has 4 aromatic carbocycles. The fraction of sp³-hybridized carbons (Fsp3) is 0.233. The molecule has 0 fully saturated rings. The van der Waals surface area contributed by atoms with Crippen LogP contribution in [0, 0.1) is 0 Å². The van der Waals surface area contributed by atoms with Crippen molar-refractivity contribution < 1.29 is 42.3 Å². The first-order valence-electron chi connectivity index (χ1n) is 18.4. The molecule has 0 saturated carbocycles. The number of hydrogen-bond acceptors (Lipinski definition) is 8. The van der Waals surface area contributed by atoms with Gasteiger partial charge in [-0.15, -0.1) is 0 Å². The number of halogens is 3. The van der Waals surface area contributed by atoms with Crippen LogP contribution in [-0.4, -0.2) is 59.5 Å². The molecule has 0 unspecified atom stereocenters. The molecule has 4 amide bonds. The summed E-state index contributed by atoms with van der Waals surface area (Å²) >= 11 is 1.56.